The van der Waals surface area contributed by atoms with Gasteiger partial charge in [0, 0.05) is 20.2 Å². The van der Waals surface area contributed by atoms with Gasteiger partial charge < -0.3 is 9.64 Å². The second-order valence-corrected chi connectivity index (χ2v) is 4.40. The maximum absolute atomic E-state index is 11.5. The van der Waals surface area contributed by atoms with Crippen molar-refractivity contribution in [3.8, 4) is 0 Å². The molecule has 0 rings (SSSR count). The summed E-state index contributed by atoms with van der Waals surface area (Å²) < 4.78 is 5.27. The van der Waals surface area contributed by atoms with Gasteiger partial charge in [0.15, 0.2) is 0 Å². The Bertz CT molecular complexity index is 169. The summed E-state index contributed by atoms with van der Waals surface area (Å²) in [4.78, 5) is 13.3. The number of nitrogens with zero attached hydrogens (tertiary/aromatic N) is 1. The summed E-state index contributed by atoms with van der Waals surface area (Å²) >= 11 is 0. The van der Waals surface area contributed by atoms with E-state index in [1.807, 2.05) is 7.05 Å². The van der Waals surface area contributed by atoms with Crippen LogP contribution in [0.3, 0.4) is 0 Å². The lowest BCUT2D eigenvalue weighted by Gasteiger charge is -2.18. The molecule has 0 aliphatic rings. The topological polar surface area (TPSA) is 29.5 Å². The molecule has 0 saturated heterocycles. The highest BCUT2D eigenvalue weighted by Crippen LogP contribution is 2.01. The van der Waals surface area contributed by atoms with Gasteiger partial charge in [0.1, 0.15) is 6.61 Å². The Hall–Kier alpha value is -0.570. The second kappa shape index (κ2) is 8.72. The fourth-order valence-electron chi connectivity index (χ4n) is 1.09. The second-order valence-electron chi connectivity index (χ2n) is 4.40. The van der Waals surface area contributed by atoms with Crippen LogP contribution in [-0.4, -0.2) is 37.6 Å². The highest BCUT2D eigenvalue weighted by molar-refractivity contribution is 5.77. The molecule has 0 spiro atoms. The fourth-order valence-corrected chi connectivity index (χ4v) is 1.09. The van der Waals surface area contributed by atoms with E-state index >= 15 is 0 Å². The SMILES string of the molecule is CCCCOCC(=O)N(C)CCC(C)C. The van der Waals surface area contributed by atoms with Crippen molar-refractivity contribution in [2.24, 2.45) is 5.92 Å². The minimum absolute atomic E-state index is 0.0896. The number of carbonyl (C=O) groups is 1. The molecule has 15 heavy (non-hydrogen) atoms. The third-order valence-corrected chi connectivity index (χ3v) is 2.34. The van der Waals surface area contributed by atoms with Gasteiger partial charge in [0.25, 0.3) is 0 Å². The van der Waals surface area contributed by atoms with Gasteiger partial charge >= 0.3 is 0 Å². The van der Waals surface area contributed by atoms with Gasteiger partial charge in [-0.25, -0.2) is 0 Å². The predicted octanol–water partition coefficient (Wildman–Crippen LogP) is 2.31. The lowest BCUT2D eigenvalue weighted by Crippen LogP contribution is -2.31. The summed E-state index contributed by atoms with van der Waals surface area (Å²) in [5, 5.41) is 0. The molecule has 0 saturated carbocycles. The number of carbonyl (C=O) groups excluding carboxylic acids is 1. The maximum atomic E-state index is 11.5. The van der Waals surface area contributed by atoms with Gasteiger partial charge in [-0.1, -0.05) is 27.2 Å². The molecule has 0 aromatic rings. The first-order valence-corrected chi connectivity index (χ1v) is 5.89. The van der Waals surface area contributed by atoms with Crippen LogP contribution < -0.4 is 0 Å². The molecular formula is C12H25NO2. The Morgan fingerprint density at radius 3 is 2.60 bits per heavy atom. The van der Waals surface area contributed by atoms with Crippen LogP contribution in [0.15, 0.2) is 0 Å². The van der Waals surface area contributed by atoms with Crippen molar-refractivity contribution < 1.29 is 9.53 Å². The first kappa shape index (κ1) is 14.4. The Labute approximate surface area is 93.8 Å². The highest BCUT2D eigenvalue weighted by Gasteiger charge is 2.08. The number of amides is 1. The molecule has 0 aliphatic heterocycles. The summed E-state index contributed by atoms with van der Waals surface area (Å²) in [6.45, 7) is 8.19. The summed E-state index contributed by atoms with van der Waals surface area (Å²) in [6, 6.07) is 0. The van der Waals surface area contributed by atoms with Crippen molar-refractivity contribution >= 4 is 5.91 Å². The van der Waals surface area contributed by atoms with Crippen LogP contribution in [0.25, 0.3) is 0 Å². The first-order chi connectivity index (χ1) is 7.07. The Morgan fingerprint density at radius 1 is 1.40 bits per heavy atom. The van der Waals surface area contributed by atoms with E-state index in [9.17, 15) is 4.79 Å². The molecule has 0 heterocycles. The molecule has 0 aromatic heterocycles. The molecule has 0 aromatic carbocycles. The average Bonchev–Trinajstić information content (AvgIpc) is 2.20. The average molecular weight is 215 g/mol. The smallest absolute Gasteiger partial charge is 0.248 e. The van der Waals surface area contributed by atoms with Gasteiger partial charge in [0.2, 0.25) is 5.91 Å². The van der Waals surface area contributed by atoms with Crippen molar-refractivity contribution in [2.75, 3.05) is 26.8 Å². The monoisotopic (exact) mass is 215 g/mol. The molecule has 0 fully saturated rings. The quantitative estimate of drug-likeness (QED) is 0.581. The van der Waals surface area contributed by atoms with Crippen molar-refractivity contribution in [3.05, 3.63) is 0 Å². The number of hydrogen-bond donors (Lipinski definition) is 0. The minimum atomic E-state index is 0.0896. The normalized spacial score (nSPS) is 10.7. The van der Waals surface area contributed by atoms with Gasteiger partial charge in [0.05, 0.1) is 0 Å². The molecule has 0 unspecified atom stereocenters. The zero-order chi connectivity index (χ0) is 11.7. The van der Waals surface area contributed by atoms with Gasteiger partial charge in [-0.15, -0.1) is 0 Å². The van der Waals surface area contributed by atoms with Crippen LogP contribution >= 0.6 is 0 Å². The van der Waals surface area contributed by atoms with Crippen LogP contribution in [0, 0.1) is 5.92 Å². The van der Waals surface area contributed by atoms with E-state index in [-0.39, 0.29) is 12.5 Å². The van der Waals surface area contributed by atoms with E-state index in [1.54, 1.807) is 4.90 Å². The number of likely N-dealkylation sites (N-methyl/N-ethyl adjacent to an activating group) is 1. The van der Waals surface area contributed by atoms with E-state index in [4.69, 9.17) is 4.74 Å². The van der Waals surface area contributed by atoms with Crippen molar-refractivity contribution in [3.63, 3.8) is 0 Å². The highest BCUT2D eigenvalue weighted by atomic mass is 16.5. The molecule has 0 radical (unpaired) electrons. The predicted molar refractivity (Wildman–Crippen MR) is 62.8 cm³/mol. The molecule has 0 N–H and O–H groups in total. The van der Waals surface area contributed by atoms with Crippen LogP contribution in [0.4, 0.5) is 0 Å². The number of ether oxygens (including phenoxy) is 1. The third-order valence-electron chi connectivity index (χ3n) is 2.34. The van der Waals surface area contributed by atoms with Crippen molar-refractivity contribution in [1.29, 1.82) is 0 Å². The lowest BCUT2D eigenvalue weighted by atomic mass is 10.1. The molecule has 3 heteroatoms. The molecule has 3 nitrogen and oxygen atoms in total. The van der Waals surface area contributed by atoms with Gasteiger partial charge in [-0.2, -0.15) is 0 Å². The van der Waals surface area contributed by atoms with Crippen molar-refractivity contribution in [1.82, 2.24) is 4.90 Å². The third kappa shape index (κ3) is 8.43. The molecule has 0 aliphatic carbocycles. The van der Waals surface area contributed by atoms with Crippen LogP contribution in [0.5, 0.6) is 0 Å². The van der Waals surface area contributed by atoms with Crippen molar-refractivity contribution in [2.45, 2.75) is 40.0 Å². The van der Waals surface area contributed by atoms with Gasteiger partial charge in [-0.05, 0) is 18.8 Å². The number of rotatable bonds is 8. The van der Waals surface area contributed by atoms with Crippen LogP contribution in [0.2, 0.25) is 0 Å². The van der Waals surface area contributed by atoms with E-state index in [0.29, 0.717) is 12.5 Å². The number of hydrogen-bond acceptors (Lipinski definition) is 2. The molecule has 0 bridgehead atoms. The summed E-state index contributed by atoms with van der Waals surface area (Å²) in [6.07, 6.45) is 3.19. The van der Waals surface area contributed by atoms with Gasteiger partial charge in [-0.3, -0.25) is 4.79 Å². The summed E-state index contributed by atoms with van der Waals surface area (Å²) in [5.41, 5.74) is 0. The molecular weight excluding hydrogens is 190 g/mol. The molecule has 0 atom stereocenters. The summed E-state index contributed by atoms with van der Waals surface area (Å²) in [5.74, 6) is 0.730. The minimum Gasteiger partial charge on any atom is -0.372 e. The van der Waals surface area contributed by atoms with E-state index in [1.165, 1.54) is 0 Å². The Morgan fingerprint density at radius 2 is 2.07 bits per heavy atom. The lowest BCUT2D eigenvalue weighted by molar-refractivity contribution is -0.135. The van der Waals surface area contributed by atoms with Crippen LogP contribution in [-0.2, 0) is 9.53 Å². The first-order valence-electron chi connectivity index (χ1n) is 5.89. The molecule has 1 amide bonds. The Kier molecular flexibility index (Phi) is 8.38. The number of unbranched alkanes of at least 4 members (excludes halogenated alkanes) is 1. The van der Waals surface area contributed by atoms with E-state index < -0.39 is 0 Å². The Balaban J connectivity index is 3.51. The van der Waals surface area contributed by atoms with E-state index in [2.05, 4.69) is 20.8 Å². The zero-order valence-corrected chi connectivity index (χ0v) is 10.6. The largest absolute Gasteiger partial charge is 0.372 e. The fraction of sp³-hybridized carbons (Fsp3) is 0.917. The summed E-state index contributed by atoms with van der Waals surface area (Å²) in [7, 11) is 1.84. The van der Waals surface area contributed by atoms with Crippen LogP contribution in [0.1, 0.15) is 40.0 Å². The van der Waals surface area contributed by atoms with E-state index in [0.717, 1.165) is 25.8 Å². The zero-order valence-electron chi connectivity index (χ0n) is 10.6. The maximum Gasteiger partial charge on any atom is 0.248 e. The standard InChI is InChI=1S/C12H25NO2/c1-5-6-9-15-10-12(14)13(4)8-7-11(2)3/h11H,5-10H2,1-4H3. The molecule has 90 valence electrons.